The minimum atomic E-state index is 1.15. The van der Waals surface area contributed by atoms with Crippen molar-refractivity contribution in [2.24, 2.45) is 0 Å². The molecule has 0 atom stereocenters. The van der Waals surface area contributed by atoms with Gasteiger partial charge in [-0.15, -0.1) is 11.3 Å². The van der Waals surface area contributed by atoms with Crippen LogP contribution in [0.2, 0.25) is 0 Å². The first-order valence-corrected chi connectivity index (χ1v) is 5.66. The minimum Gasteiger partial charge on any atom is -0.347 e. The van der Waals surface area contributed by atoms with Gasteiger partial charge in [-0.3, -0.25) is 0 Å². The van der Waals surface area contributed by atoms with Crippen LogP contribution in [0, 0.1) is 6.92 Å². The highest BCUT2D eigenvalue weighted by molar-refractivity contribution is 7.16. The summed E-state index contributed by atoms with van der Waals surface area (Å²) in [4.78, 5) is 1.19. The quantitative estimate of drug-likeness (QED) is 0.798. The molecule has 0 aliphatic carbocycles. The Bertz CT molecular complexity index is 471. The summed E-state index contributed by atoms with van der Waals surface area (Å²) in [5.41, 5.74) is 2.42. The van der Waals surface area contributed by atoms with Crippen LogP contribution in [-0.2, 0) is 0 Å². The predicted octanol–water partition coefficient (Wildman–Crippen LogP) is 4.44. The molecule has 1 nitrogen and oxygen atoms in total. The fraction of sp³-hybridized carbons (Fsp3) is 0.0769. The van der Waals surface area contributed by atoms with Crippen molar-refractivity contribution >= 4 is 28.1 Å². The normalized spacial score (nSPS) is 9.93. The van der Waals surface area contributed by atoms with Crippen LogP contribution in [0.3, 0.4) is 0 Å². The molecule has 0 fully saturated rings. The molecule has 15 heavy (non-hydrogen) atoms. The number of nitrogens with one attached hydrogen (secondary N) is 1. The molecule has 1 heterocycles. The van der Waals surface area contributed by atoms with Gasteiger partial charge >= 0.3 is 0 Å². The molecule has 0 aliphatic rings. The Hall–Kier alpha value is -1.54. The first kappa shape index (κ1) is 9.99. The number of anilines is 2. The van der Waals surface area contributed by atoms with Gasteiger partial charge in [-0.05, 0) is 30.7 Å². The van der Waals surface area contributed by atoms with Crippen LogP contribution in [0.25, 0.3) is 6.08 Å². The van der Waals surface area contributed by atoms with Crippen molar-refractivity contribution in [2.45, 2.75) is 6.92 Å². The molecule has 2 rings (SSSR count). The lowest BCUT2D eigenvalue weighted by molar-refractivity contribution is 1.45. The maximum absolute atomic E-state index is 3.75. The molecule has 0 radical (unpaired) electrons. The van der Waals surface area contributed by atoms with Crippen molar-refractivity contribution in [3.05, 3.63) is 53.4 Å². The summed E-state index contributed by atoms with van der Waals surface area (Å²) in [6, 6.07) is 12.4. The summed E-state index contributed by atoms with van der Waals surface area (Å²) < 4.78 is 0. The van der Waals surface area contributed by atoms with Crippen LogP contribution in [0.5, 0.6) is 0 Å². The highest BCUT2D eigenvalue weighted by Crippen LogP contribution is 2.27. The van der Waals surface area contributed by atoms with E-state index in [9.17, 15) is 0 Å². The van der Waals surface area contributed by atoms with Gasteiger partial charge < -0.3 is 5.32 Å². The Kier molecular flexibility index (Phi) is 2.88. The Morgan fingerprint density at radius 1 is 1.20 bits per heavy atom. The number of hydrogen-bond donors (Lipinski definition) is 1. The van der Waals surface area contributed by atoms with Crippen LogP contribution >= 0.6 is 11.3 Å². The molecular formula is C13H13NS. The third kappa shape index (κ3) is 2.28. The number of para-hydroxylation sites is 1. The lowest BCUT2D eigenvalue weighted by Crippen LogP contribution is -1.89. The minimum absolute atomic E-state index is 1.15. The van der Waals surface area contributed by atoms with E-state index in [0.29, 0.717) is 0 Å². The third-order valence-corrected chi connectivity index (χ3v) is 3.23. The maximum atomic E-state index is 3.75. The molecule has 2 aromatic rings. The van der Waals surface area contributed by atoms with Gasteiger partial charge in [0.05, 0.1) is 5.00 Å². The molecule has 0 saturated carbocycles. The third-order valence-electron chi connectivity index (χ3n) is 2.23. The summed E-state index contributed by atoms with van der Waals surface area (Å²) >= 11 is 1.71. The fourth-order valence-electron chi connectivity index (χ4n) is 1.38. The molecule has 1 aromatic heterocycles. The Labute approximate surface area is 94.1 Å². The second-order valence-electron chi connectivity index (χ2n) is 3.35. The van der Waals surface area contributed by atoms with E-state index in [4.69, 9.17) is 0 Å². The van der Waals surface area contributed by atoms with E-state index in [1.807, 2.05) is 18.2 Å². The standard InChI is InChI=1S/C13H13NS/c1-3-11-8-9-13(15-11)14-12-7-5-4-6-10(12)2/h3-9,14H,1H2,2H3. The van der Waals surface area contributed by atoms with Gasteiger partial charge in [-0.2, -0.15) is 0 Å². The number of rotatable bonds is 3. The highest BCUT2D eigenvalue weighted by atomic mass is 32.1. The average Bonchev–Trinajstić information content (AvgIpc) is 2.69. The zero-order valence-corrected chi connectivity index (χ0v) is 9.47. The van der Waals surface area contributed by atoms with Crippen LogP contribution in [0.4, 0.5) is 10.7 Å². The van der Waals surface area contributed by atoms with Crippen LogP contribution in [-0.4, -0.2) is 0 Å². The van der Waals surface area contributed by atoms with E-state index >= 15 is 0 Å². The summed E-state index contributed by atoms with van der Waals surface area (Å²) in [5, 5.41) is 4.55. The van der Waals surface area contributed by atoms with Crippen molar-refractivity contribution in [2.75, 3.05) is 5.32 Å². The second-order valence-corrected chi connectivity index (χ2v) is 4.46. The zero-order valence-electron chi connectivity index (χ0n) is 8.66. The van der Waals surface area contributed by atoms with Crippen molar-refractivity contribution in [3.8, 4) is 0 Å². The number of aryl methyl sites for hydroxylation is 1. The van der Waals surface area contributed by atoms with Gasteiger partial charge in [0, 0.05) is 10.6 Å². The van der Waals surface area contributed by atoms with Gasteiger partial charge in [-0.25, -0.2) is 0 Å². The lowest BCUT2D eigenvalue weighted by Gasteiger charge is -2.06. The molecular weight excluding hydrogens is 202 g/mol. The molecule has 76 valence electrons. The van der Waals surface area contributed by atoms with Gasteiger partial charge in [0.25, 0.3) is 0 Å². The van der Waals surface area contributed by atoms with E-state index in [0.717, 1.165) is 10.7 Å². The van der Waals surface area contributed by atoms with Gasteiger partial charge in [0.2, 0.25) is 0 Å². The van der Waals surface area contributed by atoms with Gasteiger partial charge in [0.1, 0.15) is 0 Å². The SMILES string of the molecule is C=Cc1ccc(Nc2ccccc2C)s1. The molecule has 0 spiro atoms. The Morgan fingerprint density at radius 2 is 2.00 bits per heavy atom. The van der Waals surface area contributed by atoms with Gasteiger partial charge in [-0.1, -0.05) is 30.9 Å². The lowest BCUT2D eigenvalue weighted by atomic mass is 10.2. The summed E-state index contributed by atoms with van der Waals surface area (Å²) in [6.45, 7) is 5.85. The molecule has 0 saturated heterocycles. The number of hydrogen-bond acceptors (Lipinski definition) is 2. The number of benzene rings is 1. The van der Waals surface area contributed by atoms with E-state index in [1.165, 1.54) is 10.4 Å². The molecule has 0 aliphatic heterocycles. The van der Waals surface area contributed by atoms with Crippen molar-refractivity contribution in [3.63, 3.8) is 0 Å². The van der Waals surface area contributed by atoms with E-state index < -0.39 is 0 Å². The van der Waals surface area contributed by atoms with E-state index in [1.54, 1.807) is 11.3 Å². The highest BCUT2D eigenvalue weighted by Gasteiger charge is 1.99. The van der Waals surface area contributed by atoms with Crippen molar-refractivity contribution in [1.82, 2.24) is 0 Å². The van der Waals surface area contributed by atoms with Crippen molar-refractivity contribution < 1.29 is 0 Å². The van der Waals surface area contributed by atoms with E-state index in [2.05, 4.69) is 43.1 Å². The van der Waals surface area contributed by atoms with Crippen LogP contribution in [0.1, 0.15) is 10.4 Å². The average molecular weight is 215 g/mol. The fourth-order valence-corrected chi connectivity index (χ4v) is 2.15. The first-order chi connectivity index (χ1) is 7.29. The maximum Gasteiger partial charge on any atom is 0.0932 e. The smallest absolute Gasteiger partial charge is 0.0932 e. The molecule has 2 heteroatoms. The molecule has 0 amide bonds. The Morgan fingerprint density at radius 3 is 2.67 bits per heavy atom. The molecule has 0 unspecified atom stereocenters. The zero-order chi connectivity index (χ0) is 10.7. The second kappa shape index (κ2) is 4.32. The molecule has 0 bridgehead atoms. The summed E-state index contributed by atoms with van der Waals surface area (Å²) in [7, 11) is 0. The largest absolute Gasteiger partial charge is 0.347 e. The topological polar surface area (TPSA) is 12.0 Å². The van der Waals surface area contributed by atoms with Gasteiger partial charge in [0.15, 0.2) is 0 Å². The monoisotopic (exact) mass is 215 g/mol. The molecule has 1 aromatic carbocycles. The van der Waals surface area contributed by atoms with Crippen LogP contribution < -0.4 is 5.32 Å². The number of thiophene rings is 1. The molecule has 1 N–H and O–H groups in total. The predicted molar refractivity (Wildman–Crippen MR) is 68.9 cm³/mol. The Balaban J connectivity index is 2.22. The summed E-state index contributed by atoms with van der Waals surface area (Å²) in [6.07, 6.45) is 1.87. The van der Waals surface area contributed by atoms with Crippen LogP contribution in [0.15, 0.2) is 43.0 Å². The van der Waals surface area contributed by atoms with Crippen molar-refractivity contribution in [1.29, 1.82) is 0 Å². The van der Waals surface area contributed by atoms with E-state index in [-0.39, 0.29) is 0 Å². The summed E-state index contributed by atoms with van der Waals surface area (Å²) in [5.74, 6) is 0. The first-order valence-electron chi connectivity index (χ1n) is 4.84.